The van der Waals surface area contributed by atoms with Gasteiger partial charge in [0.25, 0.3) is 0 Å². The van der Waals surface area contributed by atoms with Gasteiger partial charge in [0.05, 0.1) is 7.11 Å². The number of hydrogen-bond acceptors (Lipinski definition) is 4. The Hall–Kier alpha value is -2.51. The molecule has 1 amide bonds. The third kappa shape index (κ3) is 2.47. The number of nitrogens with zero attached hydrogens (tertiary/aromatic N) is 2. The molecule has 1 aromatic carbocycles. The van der Waals surface area contributed by atoms with Crippen LogP contribution in [0.4, 0.5) is 18.9 Å². The van der Waals surface area contributed by atoms with Crippen LogP contribution in [0.25, 0.3) is 0 Å². The molecule has 0 spiro atoms. The summed E-state index contributed by atoms with van der Waals surface area (Å²) in [5, 5.41) is 0. The molecule has 2 aliphatic heterocycles. The first-order valence-electron chi connectivity index (χ1n) is 8.11. The third-order valence-corrected chi connectivity index (χ3v) is 5.19. The van der Waals surface area contributed by atoms with Crippen molar-refractivity contribution < 1.29 is 27.5 Å². The number of fused-ring (bicyclic) bond motifs is 3. The quantitative estimate of drug-likeness (QED) is 0.608. The lowest BCUT2D eigenvalue weighted by Gasteiger charge is -2.37. The Balaban J connectivity index is 2.18. The van der Waals surface area contributed by atoms with Gasteiger partial charge in [-0.1, -0.05) is 31.2 Å². The standard InChI is InChI=1S/C18H19F3N2O3/c1-4-9-22-12-8-6-5-7-11(12)17(2)10-13(14(24)26-3)23(15(17)22)16(25)18(19,20)21/h4-8,13,15H,1,9-10H2,2-3H3/t13-,15-,17-/m0/s1. The average Bonchev–Trinajstić information content (AvgIpc) is 3.02. The molecule has 0 aliphatic carbocycles. The normalized spacial score (nSPS) is 27.1. The van der Waals surface area contributed by atoms with Crippen LogP contribution in [0.3, 0.4) is 0 Å². The van der Waals surface area contributed by atoms with Crippen molar-refractivity contribution in [3.05, 3.63) is 42.5 Å². The maximum absolute atomic E-state index is 13.3. The van der Waals surface area contributed by atoms with Gasteiger partial charge in [-0.2, -0.15) is 13.2 Å². The Morgan fingerprint density at radius 2 is 2.04 bits per heavy atom. The molecule has 3 atom stereocenters. The summed E-state index contributed by atoms with van der Waals surface area (Å²) in [5.41, 5.74) is 0.709. The summed E-state index contributed by atoms with van der Waals surface area (Å²) in [4.78, 5) is 26.7. The van der Waals surface area contributed by atoms with E-state index in [1.165, 1.54) is 0 Å². The number of hydrogen-bond donors (Lipinski definition) is 0. The molecule has 0 aromatic heterocycles. The number of amides is 1. The molecule has 0 bridgehead atoms. The first-order valence-corrected chi connectivity index (χ1v) is 8.11. The van der Waals surface area contributed by atoms with E-state index in [0.29, 0.717) is 4.90 Å². The van der Waals surface area contributed by atoms with Gasteiger partial charge < -0.3 is 9.64 Å². The van der Waals surface area contributed by atoms with Gasteiger partial charge in [-0.25, -0.2) is 4.79 Å². The Bertz CT molecular complexity index is 764. The highest BCUT2D eigenvalue weighted by atomic mass is 19.4. The Morgan fingerprint density at radius 3 is 2.62 bits per heavy atom. The number of likely N-dealkylation sites (tertiary alicyclic amines) is 1. The zero-order valence-electron chi connectivity index (χ0n) is 14.4. The first kappa shape index (κ1) is 18.3. The highest BCUT2D eigenvalue weighted by molar-refractivity contribution is 5.90. The molecule has 1 saturated heterocycles. The summed E-state index contributed by atoms with van der Waals surface area (Å²) < 4.78 is 44.5. The summed E-state index contributed by atoms with van der Waals surface area (Å²) >= 11 is 0. The van der Waals surface area contributed by atoms with Crippen molar-refractivity contribution in [2.75, 3.05) is 18.6 Å². The van der Waals surface area contributed by atoms with Crippen molar-refractivity contribution in [2.45, 2.75) is 37.1 Å². The van der Waals surface area contributed by atoms with Crippen LogP contribution < -0.4 is 4.90 Å². The van der Waals surface area contributed by atoms with Gasteiger partial charge >= 0.3 is 18.1 Å². The highest BCUT2D eigenvalue weighted by Crippen LogP contribution is 2.54. The number of para-hydroxylation sites is 1. The van der Waals surface area contributed by atoms with E-state index < -0.39 is 35.7 Å². The fourth-order valence-corrected chi connectivity index (χ4v) is 4.23. The second-order valence-electron chi connectivity index (χ2n) is 6.70. The van der Waals surface area contributed by atoms with Crippen molar-refractivity contribution in [1.82, 2.24) is 4.90 Å². The molecule has 0 unspecified atom stereocenters. The van der Waals surface area contributed by atoms with Crippen molar-refractivity contribution in [2.24, 2.45) is 0 Å². The average molecular weight is 368 g/mol. The van der Waals surface area contributed by atoms with E-state index in [1.807, 2.05) is 6.07 Å². The van der Waals surface area contributed by atoms with Gasteiger partial charge in [-0.3, -0.25) is 9.69 Å². The van der Waals surface area contributed by atoms with E-state index in [1.54, 1.807) is 36.1 Å². The number of esters is 1. The molecule has 2 aliphatic rings. The molecule has 0 saturated carbocycles. The Morgan fingerprint density at radius 1 is 1.38 bits per heavy atom. The number of anilines is 1. The summed E-state index contributed by atoms with van der Waals surface area (Å²) in [7, 11) is 1.10. The SMILES string of the molecule is C=CCN1c2ccccc2[C@]2(C)C[C@@H](C(=O)OC)N(C(=O)C(F)(F)F)[C@H]12. The molecule has 26 heavy (non-hydrogen) atoms. The van der Waals surface area contributed by atoms with Crippen molar-refractivity contribution in [3.63, 3.8) is 0 Å². The van der Waals surface area contributed by atoms with Gasteiger partial charge in [0.15, 0.2) is 0 Å². The lowest BCUT2D eigenvalue weighted by molar-refractivity contribution is -0.190. The molecule has 140 valence electrons. The van der Waals surface area contributed by atoms with E-state index in [2.05, 4.69) is 11.3 Å². The number of ether oxygens (including phenoxy) is 1. The largest absolute Gasteiger partial charge is 0.471 e. The van der Waals surface area contributed by atoms with E-state index in [0.717, 1.165) is 18.4 Å². The van der Waals surface area contributed by atoms with Crippen molar-refractivity contribution >= 4 is 17.6 Å². The first-order chi connectivity index (χ1) is 12.2. The van der Waals surface area contributed by atoms with Gasteiger partial charge in [-0.05, 0) is 18.1 Å². The number of benzene rings is 1. The van der Waals surface area contributed by atoms with Gasteiger partial charge in [0.2, 0.25) is 0 Å². The number of halogens is 3. The van der Waals surface area contributed by atoms with E-state index >= 15 is 0 Å². The molecule has 2 heterocycles. The van der Waals surface area contributed by atoms with Gasteiger partial charge in [0, 0.05) is 17.6 Å². The van der Waals surface area contributed by atoms with Crippen LogP contribution in [0.15, 0.2) is 36.9 Å². The molecule has 3 rings (SSSR count). The van der Waals surface area contributed by atoms with E-state index in [4.69, 9.17) is 0 Å². The predicted molar refractivity (Wildman–Crippen MR) is 88.4 cm³/mol. The maximum Gasteiger partial charge on any atom is 0.471 e. The predicted octanol–water partition coefficient (Wildman–Crippen LogP) is 2.61. The molecule has 8 heteroatoms. The summed E-state index contributed by atoms with van der Waals surface area (Å²) in [6, 6.07) is 5.89. The topological polar surface area (TPSA) is 49.9 Å². The Labute approximate surface area is 149 Å². The smallest absolute Gasteiger partial charge is 0.467 e. The van der Waals surface area contributed by atoms with Crippen LogP contribution in [0.5, 0.6) is 0 Å². The summed E-state index contributed by atoms with van der Waals surface area (Å²) in [6.07, 6.45) is -4.43. The molecule has 1 fully saturated rings. The maximum atomic E-state index is 13.3. The minimum absolute atomic E-state index is 0.0524. The van der Waals surface area contributed by atoms with Crippen LogP contribution in [0.1, 0.15) is 18.9 Å². The lowest BCUT2D eigenvalue weighted by atomic mass is 9.80. The van der Waals surface area contributed by atoms with Crippen LogP contribution >= 0.6 is 0 Å². The van der Waals surface area contributed by atoms with E-state index in [9.17, 15) is 22.8 Å². The van der Waals surface area contributed by atoms with Crippen LogP contribution in [0.2, 0.25) is 0 Å². The third-order valence-electron chi connectivity index (χ3n) is 5.19. The summed E-state index contributed by atoms with van der Waals surface area (Å²) in [6.45, 7) is 5.68. The zero-order chi connectivity index (χ0) is 19.3. The van der Waals surface area contributed by atoms with Crippen LogP contribution in [0, 0.1) is 0 Å². The molecule has 1 aromatic rings. The monoisotopic (exact) mass is 368 g/mol. The number of carbonyl (C=O) groups excluding carboxylic acids is 2. The van der Waals surface area contributed by atoms with Crippen molar-refractivity contribution in [1.29, 1.82) is 0 Å². The Kier molecular flexibility index (Phi) is 4.24. The van der Waals surface area contributed by atoms with Crippen molar-refractivity contribution in [3.8, 4) is 0 Å². The second-order valence-corrected chi connectivity index (χ2v) is 6.70. The lowest BCUT2D eigenvalue weighted by Crippen LogP contribution is -2.57. The molecular formula is C18H19F3N2O3. The number of methoxy groups -OCH3 is 1. The number of rotatable bonds is 3. The van der Waals surface area contributed by atoms with Gasteiger partial charge in [-0.15, -0.1) is 6.58 Å². The summed E-state index contributed by atoms with van der Waals surface area (Å²) in [5.74, 6) is -2.89. The van der Waals surface area contributed by atoms with Crippen LogP contribution in [-0.4, -0.2) is 48.8 Å². The van der Waals surface area contributed by atoms with E-state index in [-0.39, 0.29) is 13.0 Å². The fraction of sp³-hybridized carbons (Fsp3) is 0.444. The zero-order valence-corrected chi connectivity index (χ0v) is 14.4. The fourth-order valence-electron chi connectivity index (χ4n) is 4.23. The second kappa shape index (κ2) is 6.03. The number of alkyl halides is 3. The van der Waals surface area contributed by atoms with Crippen LogP contribution in [-0.2, 0) is 19.7 Å². The molecule has 5 nitrogen and oxygen atoms in total. The molecule has 0 radical (unpaired) electrons. The molecular weight excluding hydrogens is 349 g/mol. The minimum atomic E-state index is -5.09. The van der Waals surface area contributed by atoms with Gasteiger partial charge in [0.1, 0.15) is 12.2 Å². The molecule has 0 N–H and O–H groups in total. The highest BCUT2D eigenvalue weighted by Gasteiger charge is 2.64. The number of carbonyl (C=O) groups is 2. The minimum Gasteiger partial charge on any atom is -0.467 e.